The van der Waals surface area contributed by atoms with Gasteiger partial charge in [0, 0.05) is 18.7 Å². The molecule has 18 heavy (non-hydrogen) atoms. The number of rotatable bonds is 5. The molecule has 1 aromatic carbocycles. The third-order valence-corrected chi connectivity index (χ3v) is 2.95. The zero-order valence-corrected chi connectivity index (χ0v) is 10.8. The van der Waals surface area contributed by atoms with Crippen LogP contribution in [0.3, 0.4) is 0 Å². The molecule has 0 spiro atoms. The Morgan fingerprint density at radius 1 is 1.61 bits per heavy atom. The summed E-state index contributed by atoms with van der Waals surface area (Å²) in [6.45, 7) is 3.43. The molecule has 0 saturated heterocycles. The highest BCUT2D eigenvalue weighted by Gasteiger charge is 2.22. The van der Waals surface area contributed by atoms with Gasteiger partial charge in [-0.1, -0.05) is 18.5 Å². The number of hydrogen-bond donors (Lipinski definition) is 2. The number of anilines is 1. The molecule has 0 saturated carbocycles. The molecule has 0 aliphatic carbocycles. The zero-order valence-electron chi connectivity index (χ0n) is 10.0. The quantitative estimate of drug-likeness (QED) is 0.640. The molecule has 0 aliphatic heterocycles. The number of aliphatic hydroxyl groups is 1. The van der Waals surface area contributed by atoms with Crippen molar-refractivity contribution in [2.45, 2.75) is 25.9 Å². The lowest BCUT2D eigenvalue weighted by Crippen LogP contribution is -2.32. The molecular formula is C11H14ClFN2O3. The van der Waals surface area contributed by atoms with Gasteiger partial charge in [0.15, 0.2) is 0 Å². The highest BCUT2D eigenvalue weighted by Crippen LogP contribution is 2.30. The zero-order chi connectivity index (χ0) is 13.9. The van der Waals surface area contributed by atoms with Crippen molar-refractivity contribution >= 4 is 23.0 Å². The Kier molecular flexibility index (Phi) is 4.48. The van der Waals surface area contributed by atoms with Crippen LogP contribution in [0, 0.1) is 15.9 Å². The summed E-state index contributed by atoms with van der Waals surface area (Å²) in [5.41, 5.74) is -1.35. The Bertz CT molecular complexity index is 466. The van der Waals surface area contributed by atoms with Gasteiger partial charge in [-0.3, -0.25) is 10.1 Å². The number of halogens is 2. The van der Waals surface area contributed by atoms with Crippen molar-refractivity contribution in [1.29, 1.82) is 0 Å². The van der Waals surface area contributed by atoms with E-state index in [0.29, 0.717) is 6.42 Å². The van der Waals surface area contributed by atoms with Crippen LogP contribution in [0.2, 0.25) is 5.02 Å². The second-order valence-electron chi connectivity index (χ2n) is 4.24. The Morgan fingerprint density at radius 3 is 2.72 bits per heavy atom. The number of nitrogens with zero attached hydrogens (tertiary/aromatic N) is 1. The monoisotopic (exact) mass is 276 g/mol. The van der Waals surface area contributed by atoms with Gasteiger partial charge >= 0.3 is 0 Å². The maximum atomic E-state index is 13.3. The van der Waals surface area contributed by atoms with Crippen LogP contribution in [0.25, 0.3) is 0 Å². The summed E-state index contributed by atoms with van der Waals surface area (Å²) >= 11 is 5.49. The second-order valence-corrected chi connectivity index (χ2v) is 4.65. The van der Waals surface area contributed by atoms with Crippen molar-refractivity contribution in [2.75, 3.05) is 11.9 Å². The number of hydrogen-bond acceptors (Lipinski definition) is 4. The molecule has 0 bridgehead atoms. The minimum atomic E-state index is -1.02. The van der Waals surface area contributed by atoms with Crippen molar-refractivity contribution in [1.82, 2.24) is 0 Å². The van der Waals surface area contributed by atoms with E-state index in [1.165, 1.54) is 0 Å². The molecule has 0 amide bonds. The lowest BCUT2D eigenvalue weighted by molar-refractivity contribution is -0.384. The van der Waals surface area contributed by atoms with Crippen molar-refractivity contribution in [2.24, 2.45) is 0 Å². The molecule has 5 nitrogen and oxygen atoms in total. The number of nitro groups is 1. The van der Waals surface area contributed by atoms with Crippen molar-refractivity contribution in [3.63, 3.8) is 0 Å². The molecule has 1 aromatic rings. The highest BCUT2D eigenvalue weighted by molar-refractivity contribution is 6.31. The van der Waals surface area contributed by atoms with E-state index < -0.39 is 16.3 Å². The van der Waals surface area contributed by atoms with Gasteiger partial charge in [0.25, 0.3) is 5.69 Å². The maximum absolute atomic E-state index is 13.3. The Hall–Kier alpha value is -1.40. The molecule has 100 valence electrons. The molecule has 1 unspecified atom stereocenters. The smallest absolute Gasteiger partial charge is 0.294 e. The molecule has 0 aromatic heterocycles. The first-order valence-electron chi connectivity index (χ1n) is 5.36. The van der Waals surface area contributed by atoms with E-state index in [1.54, 1.807) is 13.8 Å². The average molecular weight is 277 g/mol. The van der Waals surface area contributed by atoms with Crippen LogP contribution in [0.1, 0.15) is 20.3 Å². The van der Waals surface area contributed by atoms with E-state index in [2.05, 4.69) is 5.32 Å². The SMILES string of the molecule is CCC(C)(O)CNc1cc(F)c(Cl)cc1[N+](=O)[O-]. The van der Waals surface area contributed by atoms with Gasteiger partial charge in [0.05, 0.1) is 15.5 Å². The Balaban J connectivity index is 3.01. The fourth-order valence-corrected chi connectivity index (χ4v) is 1.40. The maximum Gasteiger partial charge on any atom is 0.294 e. The lowest BCUT2D eigenvalue weighted by atomic mass is 10.0. The van der Waals surface area contributed by atoms with Crippen LogP contribution >= 0.6 is 11.6 Å². The fourth-order valence-electron chi connectivity index (χ4n) is 1.24. The van der Waals surface area contributed by atoms with Crippen LogP contribution in [-0.4, -0.2) is 22.2 Å². The van der Waals surface area contributed by atoms with E-state index in [4.69, 9.17) is 11.6 Å². The molecule has 0 fully saturated rings. The summed E-state index contributed by atoms with van der Waals surface area (Å²) in [6, 6.07) is 1.89. The predicted octanol–water partition coefficient (Wildman–Crippen LogP) is 2.96. The summed E-state index contributed by atoms with van der Waals surface area (Å²) in [7, 11) is 0. The molecule has 1 rings (SSSR count). The summed E-state index contributed by atoms with van der Waals surface area (Å²) in [5, 5.41) is 22.9. The van der Waals surface area contributed by atoms with Gasteiger partial charge in [0.1, 0.15) is 11.5 Å². The van der Waals surface area contributed by atoms with Crippen molar-refractivity contribution < 1.29 is 14.4 Å². The summed E-state index contributed by atoms with van der Waals surface area (Å²) in [6.07, 6.45) is 0.462. The summed E-state index contributed by atoms with van der Waals surface area (Å²) in [5.74, 6) is -0.749. The predicted molar refractivity (Wildman–Crippen MR) is 67.5 cm³/mol. The summed E-state index contributed by atoms with van der Waals surface area (Å²) in [4.78, 5) is 10.1. The Labute approximate surface area is 109 Å². The number of nitrogens with one attached hydrogen (secondary N) is 1. The first-order chi connectivity index (χ1) is 8.26. The average Bonchev–Trinajstić information content (AvgIpc) is 2.30. The van der Waals surface area contributed by atoms with Crippen molar-refractivity contribution in [3.05, 3.63) is 33.1 Å². The second kappa shape index (κ2) is 5.49. The Morgan fingerprint density at radius 2 is 2.22 bits per heavy atom. The van der Waals surface area contributed by atoms with E-state index in [9.17, 15) is 19.6 Å². The van der Waals surface area contributed by atoms with Gasteiger partial charge in [-0.2, -0.15) is 0 Å². The first-order valence-corrected chi connectivity index (χ1v) is 5.74. The summed E-state index contributed by atoms with van der Waals surface area (Å²) < 4.78 is 13.3. The van der Waals surface area contributed by atoms with Crippen molar-refractivity contribution in [3.8, 4) is 0 Å². The van der Waals surface area contributed by atoms with Gasteiger partial charge in [-0.25, -0.2) is 4.39 Å². The third-order valence-electron chi connectivity index (χ3n) is 2.66. The molecule has 0 aliphatic rings. The third kappa shape index (κ3) is 3.54. The molecule has 0 heterocycles. The van der Waals surface area contributed by atoms with Crippen LogP contribution in [0.5, 0.6) is 0 Å². The number of benzene rings is 1. The normalized spacial score (nSPS) is 14.1. The van der Waals surface area contributed by atoms with Gasteiger partial charge in [-0.15, -0.1) is 0 Å². The van der Waals surface area contributed by atoms with Crippen LogP contribution in [-0.2, 0) is 0 Å². The largest absolute Gasteiger partial charge is 0.388 e. The molecule has 7 heteroatoms. The van der Waals surface area contributed by atoms with E-state index >= 15 is 0 Å². The highest BCUT2D eigenvalue weighted by atomic mass is 35.5. The minimum absolute atomic E-state index is 0.00405. The standard InChI is InChI=1S/C11H14ClFN2O3/c1-3-11(2,16)6-14-9-5-8(13)7(12)4-10(9)15(17)18/h4-5,14,16H,3,6H2,1-2H3. The molecule has 0 radical (unpaired) electrons. The molecule has 1 atom stereocenters. The van der Waals surface area contributed by atoms with E-state index in [1.807, 2.05) is 0 Å². The lowest BCUT2D eigenvalue weighted by Gasteiger charge is -2.22. The van der Waals surface area contributed by atoms with Gasteiger partial charge < -0.3 is 10.4 Å². The minimum Gasteiger partial charge on any atom is -0.388 e. The first kappa shape index (κ1) is 14.7. The van der Waals surface area contributed by atoms with E-state index in [0.717, 1.165) is 12.1 Å². The molecule has 2 N–H and O–H groups in total. The van der Waals surface area contributed by atoms with Gasteiger partial charge in [-0.05, 0) is 13.3 Å². The molecular weight excluding hydrogens is 263 g/mol. The fraction of sp³-hybridized carbons (Fsp3) is 0.455. The van der Waals surface area contributed by atoms with Crippen LogP contribution in [0.15, 0.2) is 12.1 Å². The van der Waals surface area contributed by atoms with Crippen LogP contribution < -0.4 is 5.32 Å². The topological polar surface area (TPSA) is 75.4 Å². The van der Waals surface area contributed by atoms with Crippen LogP contribution in [0.4, 0.5) is 15.8 Å². The number of nitro benzene ring substituents is 1. The van der Waals surface area contributed by atoms with Gasteiger partial charge in [0.2, 0.25) is 0 Å². The van der Waals surface area contributed by atoms with E-state index in [-0.39, 0.29) is 22.9 Å².